The first-order valence-electron chi connectivity index (χ1n) is 8.14. The molecule has 0 radical (unpaired) electrons. The second-order valence-electron chi connectivity index (χ2n) is 5.79. The van der Waals surface area contributed by atoms with E-state index < -0.39 is 0 Å². The van der Waals surface area contributed by atoms with E-state index >= 15 is 0 Å². The fourth-order valence-corrected chi connectivity index (χ4v) is 2.85. The van der Waals surface area contributed by atoms with Crippen molar-refractivity contribution in [3.63, 3.8) is 0 Å². The zero-order valence-corrected chi connectivity index (χ0v) is 13.2. The van der Waals surface area contributed by atoms with Crippen molar-refractivity contribution in [2.45, 2.75) is 6.42 Å². The summed E-state index contributed by atoms with van der Waals surface area (Å²) in [6.07, 6.45) is 4.50. The second kappa shape index (κ2) is 6.45. The Morgan fingerprint density at radius 3 is 2.92 bits per heavy atom. The molecule has 0 saturated carbocycles. The van der Waals surface area contributed by atoms with Gasteiger partial charge in [-0.25, -0.2) is 13.9 Å². The van der Waals surface area contributed by atoms with Gasteiger partial charge in [0.05, 0.1) is 6.20 Å². The molecule has 0 amide bonds. The predicted molar refractivity (Wildman–Crippen MR) is 92.8 cm³/mol. The van der Waals surface area contributed by atoms with Crippen molar-refractivity contribution in [2.24, 2.45) is 0 Å². The van der Waals surface area contributed by atoms with E-state index in [9.17, 15) is 4.39 Å². The van der Waals surface area contributed by atoms with Crippen molar-refractivity contribution < 1.29 is 4.39 Å². The normalized spacial score (nSPS) is 15.4. The largest absolute Gasteiger partial charge is 0.384 e. The molecule has 2 aromatic heterocycles. The van der Waals surface area contributed by atoms with Crippen LogP contribution in [0.4, 0.5) is 15.9 Å². The Kier molecular flexibility index (Phi) is 4.00. The first-order valence-corrected chi connectivity index (χ1v) is 8.14. The van der Waals surface area contributed by atoms with Crippen molar-refractivity contribution >= 4 is 17.2 Å². The predicted octanol–water partition coefficient (Wildman–Crippen LogP) is 2.35. The third-order valence-corrected chi connectivity index (χ3v) is 4.09. The fraction of sp³-hybridized carbons (Fsp3) is 0.294. The summed E-state index contributed by atoms with van der Waals surface area (Å²) >= 11 is 0. The summed E-state index contributed by atoms with van der Waals surface area (Å²) in [6.45, 7) is 3.41. The number of rotatable bonds is 0. The molecular formula is C17H19FN6. The number of hydrogen-bond donors (Lipinski definition) is 3. The van der Waals surface area contributed by atoms with Crippen molar-refractivity contribution in [2.75, 3.05) is 36.8 Å². The molecule has 0 saturated heterocycles. The maximum atomic E-state index is 14.4. The van der Waals surface area contributed by atoms with Crippen molar-refractivity contribution in [1.82, 2.24) is 19.9 Å². The van der Waals surface area contributed by atoms with Crippen LogP contribution < -0.4 is 16.0 Å². The van der Waals surface area contributed by atoms with Crippen molar-refractivity contribution in [1.29, 1.82) is 0 Å². The third-order valence-electron chi connectivity index (χ3n) is 4.09. The zero-order valence-electron chi connectivity index (χ0n) is 13.2. The van der Waals surface area contributed by atoms with Gasteiger partial charge in [0.15, 0.2) is 5.65 Å². The van der Waals surface area contributed by atoms with E-state index in [1.54, 1.807) is 16.8 Å². The van der Waals surface area contributed by atoms with Gasteiger partial charge in [-0.2, -0.15) is 5.10 Å². The molecule has 1 aliphatic rings. The summed E-state index contributed by atoms with van der Waals surface area (Å²) in [6, 6.07) is 6.93. The van der Waals surface area contributed by atoms with Crippen LogP contribution in [-0.2, 0) is 0 Å². The molecule has 3 heterocycles. The number of fused-ring (bicyclic) bond motifs is 4. The van der Waals surface area contributed by atoms with Gasteiger partial charge in [0.25, 0.3) is 0 Å². The third kappa shape index (κ3) is 2.90. The van der Waals surface area contributed by atoms with E-state index in [1.165, 1.54) is 6.07 Å². The highest BCUT2D eigenvalue weighted by atomic mass is 19.1. The second-order valence-corrected chi connectivity index (χ2v) is 5.79. The lowest BCUT2D eigenvalue weighted by atomic mass is 10.1. The van der Waals surface area contributed by atoms with Gasteiger partial charge in [-0.3, -0.25) is 0 Å². The Bertz CT molecular complexity index is 859. The summed E-state index contributed by atoms with van der Waals surface area (Å²) in [5.74, 6) is 0.492. The van der Waals surface area contributed by atoms with E-state index in [-0.39, 0.29) is 5.82 Å². The average molecular weight is 326 g/mol. The summed E-state index contributed by atoms with van der Waals surface area (Å²) in [4.78, 5) is 4.60. The quantitative estimate of drug-likeness (QED) is 0.592. The van der Waals surface area contributed by atoms with Crippen LogP contribution in [0.5, 0.6) is 0 Å². The number of benzene rings is 1. The molecule has 0 fully saturated rings. The van der Waals surface area contributed by atoms with E-state index in [0.29, 0.717) is 16.8 Å². The molecule has 3 N–H and O–H groups in total. The highest BCUT2D eigenvalue weighted by molar-refractivity contribution is 5.80. The van der Waals surface area contributed by atoms with Crippen molar-refractivity contribution in [3.05, 3.63) is 42.5 Å². The number of nitrogens with one attached hydrogen (secondary N) is 3. The first kappa shape index (κ1) is 14.9. The SMILES string of the molecule is Fc1ccc2cc1-c1cnn3ccc(nc13)NCCCNCCN2. The Morgan fingerprint density at radius 1 is 1.00 bits per heavy atom. The number of hydrogen-bond acceptors (Lipinski definition) is 5. The molecule has 124 valence electrons. The summed E-state index contributed by atoms with van der Waals surface area (Å²) in [5.41, 5.74) is 2.72. The standard InChI is InChI=1S/C17H19FN6/c18-15-3-2-12-10-13(15)14-11-22-24-9-4-16(23-17(14)24)21-6-1-5-19-7-8-20-12/h2-4,9-11,19-20H,1,5-8H2,(H,21,23). The van der Waals surface area contributed by atoms with Gasteiger partial charge in [0, 0.05) is 42.6 Å². The zero-order chi connectivity index (χ0) is 16.4. The number of anilines is 2. The Balaban J connectivity index is 1.82. The van der Waals surface area contributed by atoms with Gasteiger partial charge in [-0.1, -0.05) is 0 Å². The molecule has 1 aromatic carbocycles. The van der Waals surface area contributed by atoms with Crippen LogP contribution in [0.3, 0.4) is 0 Å². The van der Waals surface area contributed by atoms with E-state index in [0.717, 1.165) is 44.1 Å². The van der Waals surface area contributed by atoms with Crippen LogP contribution in [0.2, 0.25) is 0 Å². The molecule has 24 heavy (non-hydrogen) atoms. The smallest absolute Gasteiger partial charge is 0.165 e. The molecule has 3 aromatic rings. The summed E-state index contributed by atoms with van der Waals surface area (Å²) in [7, 11) is 0. The monoisotopic (exact) mass is 326 g/mol. The lowest BCUT2D eigenvalue weighted by molar-refractivity contribution is 0.631. The Labute approximate surface area is 139 Å². The fourth-order valence-electron chi connectivity index (χ4n) is 2.85. The Hall–Kier alpha value is -2.67. The van der Waals surface area contributed by atoms with Crippen LogP contribution in [0.1, 0.15) is 6.42 Å². The van der Waals surface area contributed by atoms with Gasteiger partial charge in [0.2, 0.25) is 0 Å². The molecule has 1 aliphatic heterocycles. The van der Waals surface area contributed by atoms with Gasteiger partial charge < -0.3 is 16.0 Å². The Morgan fingerprint density at radius 2 is 1.96 bits per heavy atom. The topological polar surface area (TPSA) is 66.3 Å². The number of halogens is 1. The maximum absolute atomic E-state index is 14.4. The van der Waals surface area contributed by atoms with E-state index in [2.05, 4.69) is 26.0 Å². The molecule has 4 rings (SSSR count). The van der Waals surface area contributed by atoms with Crippen LogP contribution in [0.15, 0.2) is 36.7 Å². The van der Waals surface area contributed by atoms with E-state index in [4.69, 9.17) is 0 Å². The number of nitrogens with zero attached hydrogens (tertiary/aromatic N) is 3. The molecule has 0 spiro atoms. The van der Waals surface area contributed by atoms with Gasteiger partial charge in [0.1, 0.15) is 11.6 Å². The lowest BCUT2D eigenvalue weighted by Gasteiger charge is -2.09. The molecule has 0 aliphatic carbocycles. The minimum absolute atomic E-state index is 0.280. The maximum Gasteiger partial charge on any atom is 0.165 e. The molecule has 0 unspecified atom stereocenters. The molecule has 7 heteroatoms. The summed E-state index contributed by atoms with van der Waals surface area (Å²) in [5, 5.41) is 14.3. The molecule has 6 nitrogen and oxygen atoms in total. The van der Waals surface area contributed by atoms with Crippen LogP contribution >= 0.6 is 0 Å². The molecular weight excluding hydrogens is 307 g/mol. The average Bonchev–Trinajstić information content (AvgIpc) is 3.01. The van der Waals surface area contributed by atoms with Gasteiger partial charge in [-0.05, 0) is 37.2 Å². The van der Waals surface area contributed by atoms with Crippen LogP contribution in [0, 0.1) is 5.82 Å². The highest BCUT2D eigenvalue weighted by Gasteiger charge is 2.14. The van der Waals surface area contributed by atoms with E-state index in [1.807, 2.05) is 18.3 Å². The van der Waals surface area contributed by atoms with Crippen molar-refractivity contribution in [3.8, 4) is 11.1 Å². The number of aromatic nitrogens is 3. The first-order chi connectivity index (χ1) is 11.8. The van der Waals surface area contributed by atoms with Crippen LogP contribution in [0.25, 0.3) is 16.8 Å². The molecule has 0 atom stereocenters. The highest BCUT2D eigenvalue weighted by Crippen LogP contribution is 2.29. The van der Waals surface area contributed by atoms with Gasteiger partial charge in [-0.15, -0.1) is 0 Å². The minimum atomic E-state index is -0.280. The van der Waals surface area contributed by atoms with Crippen LogP contribution in [-0.4, -0.2) is 40.8 Å². The summed E-state index contributed by atoms with van der Waals surface area (Å²) < 4.78 is 16.1. The molecule has 4 bridgehead atoms. The van der Waals surface area contributed by atoms with Gasteiger partial charge >= 0.3 is 0 Å². The minimum Gasteiger partial charge on any atom is -0.384 e. The lowest BCUT2D eigenvalue weighted by Crippen LogP contribution is -2.24.